The summed E-state index contributed by atoms with van der Waals surface area (Å²) in [6, 6.07) is 23.6. The van der Waals surface area contributed by atoms with Crippen LogP contribution in [0.4, 0.5) is 5.13 Å². The number of rotatable bonds is 6. The smallest absolute Gasteiger partial charge is 0.265 e. The molecule has 1 heterocycles. The molecule has 0 unspecified atom stereocenters. The van der Waals surface area contributed by atoms with Crippen molar-refractivity contribution < 1.29 is 14.3 Å². The van der Waals surface area contributed by atoms with Crippen LogP contribution in [0.1, 0.15) is 10.4 Å². The Morgan fingerprint density at radius 2 is 1.40 bits per heavy atom. The lowest BCUT2D eigenvalue weighted by Crippen LogP contribution is -2.14. The lowest BCUT2D eigenvalue weighted by Gasteiger charge is -2.11. The van der Waals surface area contributed by atoms with E-state index in [1.54, 1.807) is 18.2 Å². The Bertz CT molecular complexity index is 1130. The van der Waals surface area contributed by atoms with Gasteiger partial charge in [0.25, 0.3) is 5.91 Å². The number of anilines is 1. The van der Waals surface area contributed by atoms with Crippen LogP contribution in [0, 0.1) is 0 Å². The topological polar surface area (TPSA) is 60.5 Å². The largest absolute Gasteiger partial charge is 0.496 e. The third kappa shape index (κ3) is 4.04. The van der Waals surface area contributed by atoms with E-state index in [4.69, 9.17) is 9.47 Å². The summed E-state index contributed by atoms with van der Waals surface area (Å²) in [5, 5.41) is 5.28. The maximum Gasteiger partial charge on any atom is 0.265 e. The molecule has 0 atom stereocenters. The van der Waals surface area contributed by atoms with Crippen LogP contribution in [0.2, 0.25) is 0 Å². The first-order valence-electron chi connectivity index (χ1n) is 9.33. The molecule has 0 aliphatic heterocycles. The molecular formula is C24H20N2O3S. The van der Waals surface area contributed by atoms with Crippen LogP contribution < -0.4 is 14.8 Å². The molecule has 30 heavy (non-hydrogen) atoms. The predicted molar refractivity (Wildman–Crippen MR) is 120 cm³/mol. The van der Waals surface area contributed by atoms with Crippen molar-refractivity contribution in [3.63, 3.8) is 0 Å². The van der Waals surface area contributed by atoms with Gasteiger partial charge in [-0.1, -0.05) is 60.7 Å². The summed E-state index contributed by atoms with van der Waals surface area (Å²) in [7, 11) is 3.04. The van der Waals surface area contributed by atoms with Gasteiger partial charge in [-0.15, -0.1) is 11.3 Å². The summed E-state index contributed by atoms with van der Waals surface area (Å²) in [6.07, 6.45) is 0. The lowest BCUT2D eigenvalue weighted by atomic mass is 10.0. The number of aromatic nitrogens is 1. The number of hydrogen-bond donors (Lipinski definition) is 1. The molecule has 1 aromatic heterocycles. The number of benzene rings is 3. The molecule has 0 spiro atoms. The Balaban J connectivity index is 1.53. The van der Waals surface area contributed by atoms with Gasteiger partial charge in [0, 0.05) is 10.9 Å². The molecule has 4 rings (SSSR count). The fourth-order valence-electron chi connectivity index (χ4n) is 3.16. The van der Waals surface area contributed by atoms with E-state index in [0.717, 1.165) is 16.8 Å². The first-order chi connectivity index (χ1) is 14.7. The van der Waals surface area contributed by atoms with E-state index in [0.29, 0.717) is 22.2 Å². The van der Waals surface area contributed by atoms with Crippen LogP contribution in [0.25, 0.3) is 22.4 Å². The SMILES string of the molecule is COc1cccc(OC)c1C(=O)Nc1nc(-c2ccc(-c3ccccc3)cc2)cs1. The Hall–Kier alpha value is -3.64. The Morgan fingerprint density at radius 1 is 0.800 bits per heavy atom. The molecule has 4 aromatic rings. The van der Waals surface area contributed by atoms with Crippen LogP contribution in [-0.4, -0.2) is 25.1 Å². The van der Waals surface area contributed by atoms with E-state index in [1.807, 2.05) is 35.7 Å². The number of hydrogen-bond acceptors (Lipinski definition) is 5. The lowest BCUT2D eigenvalue weighted by molar-refractivity contribution is 0.102. The third-order valence-corrected chi connectivity index (χ3v) is 5.43. The molecule has 0 aliphatic rings. The average Bonchev–Trinajstić information content (AvgIpc) is 3.27. The Morgan fingerprint density at radius 3 is 2.03 bits per heavy atom. The molecule has 1 N–H and O–H groups in total. The van der Waals surface area contributed by atoms with Gasteiger partial charge in [-0.2, -0.15) is 0 Å². The first-order valence-corrected chi connectivity index (χ1v) is 10.2. The first kappa shape index (κ1) is 19.7. The summed E-state index contributed by atoms with van der Waals surface area (Å²) in [5.74, 6) is 0.560. The predicted octanol–water partition coefficient (Wildman–Crippen LogP) is 5.75. The number of methoxy groups -OCH3 is 2. The maximum absolute atomic E-state index is 12.8. The van der Waals surface area contributed by atoms with E-state index in [2.05, 4.69) is 34.6 Å². The number of amides is 1. The van der Waals surface area contributed by atoms with Crippen LogP contribution in [0.15, 0.2) is 78.2 Å². The molecule has 3 aromatic carbocycles. The second kappa shape index (κ2) is 8.80. The van der Waals surface area contributed by atoms with Crippen LogP contribution >= 0.6 is 11.3 Å². The standard InChI is InChI=1S/C24H20N2O3S/c1-28-20-9-6-10-21(29-2)22(20)23(27)26-24-25-19(15-30-24)18-13-11-17(12-14-18)16-7-4-3-5-8-16/h3-15H,1-2H3,(H,25,26,27). The number of nitrogens with zero attached hydrogens (tertiary/aromatic N) is 1. The summed E-state index contributed by atoms with van der Waals surface area (Å²) >= 11 is 1.37. The van der Waals surface area contributed by atoms with Crippen molar-refractivity contribution in [2.45, 2.75) is 0 Å². The summed E-state index contributed by atoms with van der Waals surface area (Å²) in [6.45, 7) is 0. The molecule has 0 radical (unpaired) electrons. The van der Waals surface area contributed by atoms with Gasteiger partial charge in [-0.25, -0.2) is 4.98 Å². The van der Waals surface area contributed by atoms with Crippen molar-refractivity contribution >= 4 is 22.4 Å². The number of thiazole rings is 1. The second-order valence-corrected chi connectivity index (χ2v) is 7.33. The van der Waals surface area contributed by atoms with Gasteiger partial charge >= 0.3 is 0 Å². The highest BCUT2D eigenvalue weighted by Gasteiger charge is 2.19. The van der Waals surface area contributed by atoms with Crippen molar-refractivity contribution in [3.8, 4) is 33.9 Å². The Labute approximate surface area is 178 Å². The highest BCUT2D eigenvalue weighted by molar-refractivity contribution is 7.14. The van der Waals surface area contributed by atoms with Crippen molar-refractivity contribution in [2.75, 3.05) is 19.5 Å². The number of carbonyl (C=O) groups excluding carboxylic acids is 1. The summed E-state index contributed by atoms with van der Waals surface area (Å²) < 4.78 is 10.6. The van der Waals surface area contributed by atoms with Crippen molar-refractivity contribution in [2.24, 2.45) is 0 Å². The van der Waals surface area contributed by atoms with Crippen molar-refractivity contribution in [1.82, 2.24) is 4.98 Å². The van der Waals surface area contributed by atoms with Crippen LogP contribution in [0.5, 0.6) is 11.5 Å². The quantitative estimate of drug-likeness (QED) is 0.435. The molecule has 5 nitrogen and oxygen atoms in total. The van der Waals surface area contributed by atoms with Gasteiger partial charge in [0.1, 0.15) is 17.1 Å². The molecule has 1 amide bonds. The van der Waals surface area contributed by atoms with Gasteiger partial charge in [-0.05, 0) is 23.3 Å². The van der Waals surface area contributed by atoms with Crippen LogP contribution in [-0.2, 0) is 0 Å². The van der Waals surface area contributed by atoms with Gasteiger partial charge in [-0.3, -0.25) is 10.1 Å². The minimum Gasteiger partial charge on any atom is -0.496 e. The minimum atomic E-state index is -0.329. The summed E-state index contributed by atoms with van der Waals surface area (Å²) in [5.41, 5.74) is 4.45. The highest BCUT2D eigenvalue weighted by atomic mass is 32.1. The molecule has 0 saturated heterocycles. The molecule has 6 heteroatoms. The molecule has 0 fully saturated rings. The zero-order chi connectivity index (χ0) is 20.9. The van der Waals surface area contributed by atoms with Crippen molar-refractivity contribution in [1.29, 1.82) is 0 Å². The average molecular weight is 417 g/mol. The highest BCUT2D eigenvalue weighted by Crippen LogP contribution is 2.31. The minimum absolute atomic E-state index is 0.329. The van der Waals surface area contributed by atoms with E-state index < -0.39 is 0 Å². The normalized spacial score (nSPS) is 10.5. The fraction of sp³-hybridized carbons (Fsp3) is 0.0833. The zero-order valence-electron chi connectivity index (χ0n) is 16.6. The van der Waals surface area contributed by atoms with Gasteiger partial charge in [0.05, 0.1) is 19.9 Å². The monoisotopic (exact) mass is 416 g/mol. The number of carbonyl (C=O) groups is 1. The van der Waals surface area contributed by atoms with Gasteiger partial charge in [0.15, 0.2) is 5.13 Å². The third-order valence-electron chi connectivity index (χ3n) is 4.67. The van der Waals surface area contributed by atoms with Gasteiger partial charge < -0.3 is 9.47 Å². The van der Waals surface area contributed by atoms with Gasteiger partial charge in [0.2, 0.25) is 0 Å². The molecular weight excluding hydrogens is 396 g/mol. The number of ether oxygens (including phenoxy) is 2. The van der Waals surface area contributed by atoms with Crippen molar-refractivity contribution in [3.05, 3.63) is 83.7 Å². The number of nitrogens with one attached hydrogen (secondary N) is 1. The van der Waals surface area contributed by atoms with E-state index in [-0.39, 0.29) is 5.91 Å². The van der Waals surface area contributed by atoms with Crippen LogP contribution in [0.3, 0.4) is 0 Å². The summed E-state index contributed by atoms with van der Waals surface area (Å²) in [4.78, 5) is 17.4. The second-order valence-electron chi connectivity index (χ2n) is 6.47. The van der Waals surface area contributed by atoms with E-state index >= 15 is 0 Å². The fourth-order valence-corrected chi connectivity index (χ4v) is 3.88. The molecule has 0 bridgehead atoms. The van der Waals surface area contributed by atoms with E-state index in [9.17, 15) is 4.79 Å². The molecule has 0 aliphatic carbocycles. The molecule has 150 valence electrons. The van der Waals surface area contributed by atoms with E-state index in [1.165, 1.54) is 31.1 Å². The molecule has 0 saturated carbocycles. The zero-order valence-corrected chi connectivity index (χ0v) is 17.4. The Kier molecular flexibility index (Phi) is 5.77. The maximum atomic E-state index is 12.8.